The maximum atomic E-state index is 12.9. The molecule has 3 heterocycles. The van der Waals surface area contributed by atoms with E-state index >= 15 is 0 Å². The zero-order valence-electron chi connectivity index (χ0n) is 23.8. The number of nitrogens with zero attached hydrogens (tertiary/aromatic N) is 2. The number of ether oxygens (including phenoxy) is 2. The van der Waals surface area contributed by atoms with Crippen LogP contribution < -0.4 is 4.74 Å². The van der Waals surface area contributed by atoms with Gasteiger partial charge >= 0.3 is 5.97 Å². The van der Waals surface area contributed by atoms with Gasteiger partial charge in [0.25, 0.3) is 0 Å². The molecule has 2 aromatic heterocycles. The van der Waals surface area contributed by atoms with Crippen LogP contribution in [-0.2, 0) is 30.7 Å². The van der Waals surface area contributed by atoms with Gasteiger partial charge in [0.05, 0.1) is 24.4 Å². The Balaban J connectivity index is 1.42. The SMILES string of the molecule is Cc1ccc2c(C(C)CCOc3cccc4c3CCCC4)c(C(=O)O)n3c2c1-c1c(n[nH]c1C)COCCCC3. The number of aromatic amines is 1. The predicted octanol–water partition coefficient (Wildman–Crippen LogP) is 7.11. The Morgan fingerprint density at radius 2 is 1.98 bits per heavy atom. The second-order valence-corrected chi connectivity index (χ2v) is 11.4. The highest BCUT2D eigenvalue weighted by atomic mass is 16.5. The lowest BCUT2D eigenvalue weighted by Gasteiger charge is -2.20. The summed E-state index contributed by atoms with van der Waals surface area (Å²) >= 11 is 0. The largest absolute Gasteiger partial charge is 0.493 e. The lowest BCUT2D eigenvalue weighted by atomic mass is 9.90. The molecule has 4 aromatic rings. The predicted molar refractivity (Wildman–Crippen MR) is 156 cm³/mol. The fraction of sp³-hybridized carbons (Fsp3) is 0.455. The molecule has 0 saturated heterocycles. The molecule has 2 aliphatic rings. The van der Waals surface area contributed by atoms with Crippen LogP contribution in [0.4, 0.5) is 0 Å². The summed E-state index contributed by atoms with van der Waals surface area (Å²) < 4.78 is 14.4. The number of hydrogen-bond acceptors (Lipinski definition) is 4. The molecule has 2 N–H and O–H groups in total. The summed E-state index contributed by atoms with van der Waals surface area (Å²) in [5.41, 5.74) is 10.1. The highest BCUT2D eigenvalue weighted by Crippen LogP contribution is 2.42. The molecule has 0 fully saturated rings. The second kappa shape index (κ2) is 11.1. The second-order valence-electron chi connectivity index (χ2n) is 11.4. The molecule has 2 aromatic carbocycles. The van der Waals surface area contributed by atoms with Crippen molar-refractivity contribution in [3.63, 3.8) is 0 Å². The fourth-order valence-corrected chi connectivity index (χ4v) is 6.77. The van der Waals surface area contributed by atoms with Crippen molar-refractivity contribution in [2.24, 2.45) is 0 Å². The van der Waals surface area contributed by atoms with Crippen LogP contribution in [0.2, 0.25) is 0 Å². The van der Waals surface area contributed by atoms with E-state index in [9.17, 15) is 9.90 Å². The van der Waals surface area contributed by atoms with Crippen molar-refractivity contribution in [3.05, 3.63) is 69.7 Å². The monoisotopic (exact) mass is 541 g/mol. The number of aromatic carboxylic acids is 1. The number of hydrogen-bond donors (Lipinski definition) is 2. The van der Waals surface area contributed by atoms with Gasteiger partial charge in [-0.3, -0.25) is 5.10 Å². The summed E-state index contributed by atoms with van der Waals surface area (Å²) in [6, 6.07) is 10.6. The number of nitrogens with one attached hydrogen (secondary N) is 1. The molecule has 1 atom stereocenters. The van der Waals surface area contributed by atoms with Crippen LogP contribution in [0.3, 0.4) is 0 Å². The van der Waals surface area contributed by atoms with Gasteiger partial charge < -0.3 is 19.1 Å². The number of rotatable bonds is 6. The van der Waals surface area contributed by atoms with E-state index in [2.05, 4.69) is 58.9 Å². The van der Waals surface area contributed by atoms with Crippen LogP contribution in [0.15, 0.2) is 30.3 Å². The van der Waals surface area contributed by atoms with Gasteiger partial charge in [-0.05, 0) is 93.0 Å². The molecule has 7 nitrogen and oxygen atoms in total. The van der Waals surface area contributed by atoms with E-state index in [0.717, 1.165) is 82.4 Å². The molecule has 210 valence electrons. The Kier molecular flexibility index (Phi) is 7.41. The summed E-state index contributed by atoms with van der Waals surface area (Å²) in [4.78, 5) is 12.9. The number of carboxylic acid groups (broad SMARTS) is 1. The standard InChI is InChI=1S/C33H39N3O4/c1-20-13-14-25-28(21(2)15-18-40-27-12-8-10-23-9-4-5-11-24(23)27)32(33(37)38)36-16-6-7-17-39-19-26-30(22(3)34-35-26)29(20)31(25)36/h8,10,12-14,21H,4-7,9,11,15-19H2,1-3H3,(H,34,35)(H,37,38). The molecule has 1 aliphatic carbocycles. The smallest absolute Gasteiger partial charge is 0.352 e. The molecule has 0 saturated carbocycles. The first-order valence-corrected chi connectivity index (χ1v) is 14.7. The van der Waals surface area contributed by atoms with Crippen LogP contribution in [0.1, 0.15) is 89.1 Å². The van der Waals surface area contributed by atoms with Gasteiger partial charge in [0, 0.05) is 35.4 Å². The average molecular weight is 542 g/mol. The van der Waals surface area contributed by atoms with E-state index in [1.54, 1.807) is 0 Å². The lowest BCUT2D eigenvalue weighted by molar-refractivity contribution is 0.0683. The maximum Gasteiger partial charge on any atom is 0.352 e. The molecule has 0 bridgehead atoms. The number of fused-ring (bicyclic) bond motifs is 3. The number of carboxylic acids is 1. The molecular weight excluding hydrogens is 502 g/mol. The minimum absolute atomic E-state index is 0.00565. The van der Waals surface area contributed by atoms with Crippen molar-refractivity contribution in [2.45, 2.75) is 84.8 Å². The van der Waals surface area contributed by atoms with Gasteiger partial charge in [0.15, 0.2) is 0 Å². The summed E-state index contributed by atoms with van der Waals surface area (Å²) in [5, 5.41) is 19.3. The third kappa shape index (κ3) is 4.70. The van der Waals surface area contributed by atoms with Gasteiger partial charge in [-0.25, -0.2) is 4.79 Å². The van der Waals surface area contributed by atoms with Crippen LogP contribution in [0, 0.1) is 13.8 Å². The molecule has 6 rings (SSSR count). The first kappa shape index (κ1) is 26.6. The van der Waals surface area contributed by atoms with E-state index in [1.807, 2.05) is 6.92 Å². The van der Waals surface area contributed by atoms with Crippen molar-refractivity contribution in [2.75, 3.05) is 13.2 Å². The fourth-order valence-electron chi connectivity index (χ4n) is 6.77. The van der Waals surface area contributed by atoms with E-state index in [0.29, 0.717) is 32.1 Å². The van der Waals surface area contributed by atoms with Crippen LogP contribution in [-0.4, -0.2) is 39.1 Å². The zero-order chi connectivity index (χ0) is 27.8. The highest BCUT2D eigenvalue weighted by Gasteiger charge is 2.30. The molecular formula is C33H39N3O4. The summed E-state index contributed by atoms with van der Waals surface area (Å²) in [7, 11) is 0. The number of H-pyrrole nitrogens is 1. The first-order valence-electron chi connectivity index (χ1n) is 14.7. The van der Waals surface area contributed by atoms with E-state index < -0.39 is 5.97 Å². The molecule has 1 unspecified atom stereocenters. The van der Waals surface area contributed by atoms with Crippen LogP contribution >= 0.6 is 0 Å². The number of carbonyl (C=O) groups is 1. The quantitative estimate of drug-likeness (QED) is 0.272. The molecule has 0 amide bonds. The summed E-state index contributed by atoms with van der Waals surface area (Å²) in [6.45, 7) is 8.50. The molecule has 1 aliphatic heterocycles. The first-order chi connectivity index (χ1) is 19.5. The highest BCUT2D eigenvalue weighted by molar-refractivity contribution is 6.05. The summed E-state index contributed by atoms with van der Waals surface area (Å²) in [5.74, 6) is 0.115. The van der Waals surface area contributed by atoms with Gasteiger partial charge in [0.2, 0.25) is 0 Å². The average Bonchev–Trinajstić information content (AvgIpc) is 3.47. The van der Waals surface area contributed by atoms with Gasteiger partial charge in [-0.15, -0.1) is 0 Å². The molecule has 7 heteroatoms. The molecule has 40 heavy (non-hydrogen) atoms. The number of aromatic nitrogens is 3. The lowest BCUT2D eigenvalue weighted by Crippen LogP contribution is -2.14. The Hall–Kier alpha value is -3.58. The molecule has 0 spiro atoms. The van der Waals surface area contributed by atoms with E-state index in [1.165, 1.54) is 24.0 Å². The van der Waals surface area contributed by atoms with Gasteiger partial charge in [-0.2, -0.15) is 5.10 Å². The van der Waals surface area contributed by atoms with Crippen molar-refractivity contribution in [1.82, 2.24) is 14.8 Å². The van der Waals surface area contributed by atoms with Crippen molar-refractivity contribution >= 4 is 16.9 Å². The van der Waals surface area contributed by atoms with Gasteiger partial charge in [0.1, 0.15) is 11.4 Å². The van der Waals surface area contributed by atoms with E-state index in [4.69, 9.17) is 9.47 Å². The zero-order valence-corrected chi connectivity index (χ0v) is 23.8. The minimum Gasteiger partial charge on any atom is -0.493 e. The van der Waals surface area contributed by atoms with Crippen molar-refractivity contribution in [3.8, 4) is 16.9 Å². The molecule has 0 radical (unpaired) electrons. The summed E-state index contributed by atoms with van der Waals surface area (Å²) in [6.07, 6.45) is 7.07. The van der Waals surface area contributed by atoms with Crippen LogP contribution in [0.5, 0.6) is 5.75 Å². The van der Waals surface area contributed by atoms with Crippen LogP contribution in [0.25, 0.3) is 22.0 Å². The maximum absolute atomic E-state index is 12.9. The van der Waals surface area contributed by atoms with Crippen molar-refractivity contribution in [1.29, 1.82) is 0 Å². The Morgan fingerprint density at radius 3 is 2.83 bits per heavy atom. The minimum atomic E-state index is -0.880. The topological polar surface area (TPSA) is 89.4 Å². The third-order valence-electron chi connectivity index (χ3n) is 8.76. The van der Waals surface area contributed by atoms with Gasteiger partial charge in [-0.1, -0.05) is 31.2 Å². The Labute approximate surface area is 235 Å². The van der Waals surface area contributed by atoms with E-state index in [-0.39, 0.29) is 5.92 Å². The van der Waals surface area contributed by atoms with Crippen molar-refractivity contribution < 1.29 is 19.4 Å². The normalized spacial score (nSPS) is 16.2. The number of aryl methyl sites for hydroxylation is 4. The third-order valence-corrected chi connectivity index (χ3v) is 8.76. The number of benzene rings is 2. The Morgan fingerprint density at radius 1 is 1.12 bits per heavy atom. The Bertz CT molecular complexity index is 1560.